The molecule has 2 saturated heterocycles. The molecule has 2 aromatic rings. The van der Waals surface area contributed by atoms with Crippen molar-refractivity contribution >= 4 is 33.2 Å². The second kappa shape index (κ2) is 9.49. The predicted octanol–water partition coefficient (Wildman–Crippen LogP) is 4.56. The van der Waals surface area contributed by atoms with Gasteiger partial charge in [0.25, 0.3) is 0 Å². The van der Waals surface area contributed by atoms with Crippen LogP contribution in [-0.4, -0.2) is 50.3 Å². The molecule has 4 rings (SSSR count). The topological polar surface area (TPSA) is 27.7 Å². The van der Waals surface area contributed by atoms with Crippen molar-refractivity contribution in [3.63, 3.8) is 0 Å². The van der Waals surface area contributed by atoms with E-state index in [0.717, 1.165) is 79.6 Å². The first-order valence-corrected chi connectivity index (χ1v) is 11.2. The van der Waals surface area contributed by atoms with E-state index in [0.29, 0.717) is 6.10 Å². The smallest absolute Gasteiger partial charge is 0.133 e. The molecule has 150 valence electrons. The monoisotopic (exact) mass is 463 g/mol. The van der Waals surface area contributed by atoms with E-state index < -0.39 is 0 Å². The van der Waals surface area contributed by atoms with Crippen molar-refractivity contribution in [1.29, 1.82) is 0 Å². The van der Waals surface area contributed by atoms with Crippen LogP contribution in [0.3, 0.4) is 0 Å². The van der Waals surface area contributed by atoms with Gasteiger partial charge in [-0.1, -0.05) is 29.8 Å². The molecule has 2 aliphatic rings. The highest BCUT2D eigenvalue weighted by Crippen LogP contribution is 2.30. The van der Waals surface area contributed by atoms with Gasteiger partial charge in [0.15, 0.2) is 0 Å². The Labute approximate surface area is 180 Å². The van der Waals surface area contributed by atoms with Crippen LogP contribution in [0, 0.1) is 0 Å². The SMILES string of the molecule is Clc1ccccc1N1CCN(Cc2ccc(OC3CCNCC3)c(Br)c2)CC1. The summed E-state index contributed by atoms with van der Waals surface area (Å²) in [5.74, 6) is 0.958. The van der Waals surface area contributed by atoms with Gasteiger partial charge in [-0.3, -0.25) is 4.90 Å². The summed E-state index contributed by atoms with van der Waals surface area (Å²) >= 11 is 10.1. The molecule has 28 heavy (non-hydrogen) atoms. The van der Waals surface area contributed by atoms with Crippen molar-refractivity contribution < 1.29 is 4.74 Å². The second-order valence-electron chi connectivity index (χ2n) is 7.55. The summed E-state index contributed by atoms with van der Waals surface area (Å²) in [5, 5.41) is 4.22. The van der Waals surface area contributed by atoms with E-state index in [1.807, 2.05) is 12.1 Å². The van der Waals surface area contributed by atoms with Crippen molar-refractivity contribution in [2.24, 2.45) is 0 Å². The maximum Gasteiger partial charge on any atom is 0.133 e. The minimum Gasteiger partial charge on any atom is -0.489 e. The molecule has 0 unspecified atom stereocenters. The molecule has 1 N–H and O–H groups in total. The zero-order valence-corrected chi connectivity index (χ0v) is 18.4. The van der Waals surface area contributed by atoms with Crippen LogP contribution in [0.4, 0.5) is 5.69 Å². The van der Waals surface area contributed by atoms with Crippen molar-refractivity contribution in [2.45, 2.75) is 25.5 Å². The lowest BCUT2D eigenvalue weighted by atomic mass is 10.1. The number of rotatable bonds is 5. The summed E-state index contributed by atoms with van der Waals surface area (Å²) in [6, 6.07) is 14.6. The standard InChI is InChI=1S/C22H27BrClN3O/c23-19-15-17(5-6-22(19)28-18-7-9-25-10-8-18)16-26-11-13-27(14-12-26)21-4-2-1-3-20(21)24/h1-6,15,18,25H,7-14,16H2. The number of piperazine rings is 1. The van der Waals surface area contributed by atoms with Gasteiger partial charge in [0.2, 0.25) is 0 Å². The molecule has 4 nitrogen and oxygen atoms in total. The Morgan fingerprint density at radius 1 is 1.04 bits per heavy atom. The van der Waals surface area contributed by atoms with Gasteiger partial charge >= 0.3 is 0 Å². The molecule has 0 atom stereocenters. The van der Waals surface area contributed by atoms with Gasteiger partial charge < -0.3 is 15.0 Å². The third kappa shape index (κ3) is 5.01. The molecule has 2 aromatic carbocycles. The fourth-order valence-electron chi connectivity index (χ4n) is 3.94. The molecular formula is C22H27BrClN3O. The maximum atomic E-state index is 6.35. The van der Waals surface area contributed by atoms with Crippen LogP contribution in [0.2, 0.25) is 5.02 Å². The lowest BCUT2D eigenvalue weighted by molar-refractivity contribution is 0.161. The fourth-order valence-corrected chi connectivity index (χ4v) is 4.72. The Kier molecular flexibility index (Phi) is 6.78. The largest absolute Gasteiger partial charge is 0.489 e. The average molecular weight is 465 g/mol. The van der Waals surface area contributed by atoms with Crippen molar-refractivity contribution in [1.82, 2.24) is 10.2 Å². The molecule has 0 amide bonds. The number of halogens is 2. The molecule has 2 heterocycles. The predicted molar refractivity (Wildman–Crippen MR) is 120 cm³/mol. The molecule has 0 aliphatic carbocycles. The maximum absolute atomic E-state index is 6.35. The first kappa shape index (κ1) is 20.0. The molecule has 0 aromatic heterocycles. The normalized spacial score (nSPS) is 19.0. The Hall–Kier alpha value is -1.27. The lowest BCUT2D eigenvalue weighted by Crippen LogP contribution is -2.46. The Morgan fingerprint density at radius 2 is 1.79 bits per heavy atom. The number of nitrogens with one attached hydrogen (secondary N) is 1. The van der Waals surface area contributed by atoms with Crippen molar-refractivity contribution in [2.75, 3.05) is 44.2 Å². The summed E-state index contributed by atoms with van der Waals surface area (Å²) in [5.41, 5.74) is 2.46. The summed E-state index contributed by atoms with van der Waals surface area (Å²) < 4.78 is 7.24. The molecule has 2 aliphatic heterocycles. The molecule has 0 radical (unpaired) electrons. The molecule has 0 bridgehead atoms. The number of anilines is 1. The zero-order chi connectivity index (χ0) is 19.3. The van der Waals surface area contributed by atoms with Gasteiger partial charge in [-0.05, 0) is 71.7 Å². The third-order valence-electron chi connectivity index (χ3n) is 5.55. The first-order chi connectivity index (χ1) is 13.7. The number of hydrogen-bond acceptors (Lipinski definition) is 4. The summed E-state index contributed by atoms with van der Waals surface area (Å²) in [6.45, 7) is 7.12. The minimum atomic E-state index is 0.321. The van der Waals surface area contributed by atoms with Gasteiger partial charge in [-0.25, -0.2) is 0 Å². The fraction of sp³-hybridized carbons (Fsp3) is 0.455. The van der Waals surface area contributed by atoms with Crippen LogP contribution in [0.25, 0.3) is 0 Å². The summed E-state index contributed by atoms with van der Waals surface area (Å²) in [4.78, 5) is 4.88. The number of piperidine rings is 1. The van der Waals surface area contributed by atoms with E-state index in [2.05, 4.69) is 61.4 Å². The first-order valence-electron chi connectivity index (χ1n) is 10.1. The van der Waals surface area contributed by atoms with Crippen molar-refractivity contribution in [3.05, 3.63) is 57.5 Å². The number of ether oxygens (including phenoxy) is 1. The van der Waals surface area contributed by atoms with E-state index in [4.69, 9.17) is 16.3 Å². The summed E-state index contributed by atoms with van der Waals surface area (Å²) in [7, 11) is 0. The Morgan fingerprint density at radius 3 is 2.50 bits per heavy atom. The van der Waals surface area contributed by atoms with E-state index in [-0.39, 0.29) is 0 Å². The minimum absolute atomic E-state index is 0.321. The van der Waals surface area contributed by atoms with E-state index in [1.54, 1.807) is 0 Å². The highest BCUT2D eigenvalue weighted by molar-refractivity contribution is 9.10. The van der Waals surface area contributed by atoms with Crippen LogP contribution in [0.1, 0.15) is 18.4 Å². The van der Waals surface area contributed by atoms with Gasteiger partial charge in [0.1, 0.15) is 11.9 Å². The highest BCUT2D eigenvalue weighted by atomic mass is 79.9. The van der Waals surface area contributed by atoms with Gasteiger partial charge in [-0.15, -0.1) is 0 Å². The van der Waals surface area contributed by atoms with Crippen LogP contribution >= 0.6 is 27.5 Å². The molecule has 2 fully saturated rings. The van der Waals surface area contributed by atoms with Gasteiger partial charge in [-0.2, -0.15) is 0 Å². The van der Waals surface area contributed by atoms with Gasteiger partial charge in [0, 0.05) is 32.7 Å². The number of benzene rings is 2. The highest BCUT2D eigenvalue weighted by Gasteiger charge is 2.20. The Bertz CT molecular complexity index is 789. The number of para-hydroxylation sites is 1. The Balaban J connectivity index is 1.31. The molecule has 0 saturated carbocycles. The van der Waals surface area contributed by atoms with E-state index in [1.165, 1.54) is 5.56 Å². The lowest BCUT2D eigenvalue weighted by Gasteiger charge is -2.36. The van der Waals surface area contributed by atoms with E-state index in [9.17, 15) is 0 Å². The molecule has 0 spiro atoms. The van der Waals surface area contributed by atoms with Gasteiger partial charge in [0.05, 0.1) is 15.2 Å². The quantitative estimate of drug-likeness (QED) is 0.702. The third-order valence-corrected chi connectivity index (χ3v) is 6.49. The second-order valence-corrected chi connectivity index (χ2v) is 8.81. The van der Waals surface area contributed by atoms with Crippen LogP contribution in [0.5, 0.6) is 5.75 Å². The van der Waals surface area contributed by atoms with Crippen LogP contribution in [0.15, 0.2) is 46.9 Å². The molecular weight excluding hydrogens is 438 g/mol. The van der Waals surface area contributed by atoms with Crippen LogP contribution < -0.4 is 15.0 Å². The summed E-state index contributed by atoms with van der Waals surface area (Å²) in [6.07, 6.45) is 2.47. The average Bonchev–Trinajstić information content (AvgIpc) is 2.72. The van der Waals surface area contributed by atoms with Crippen molar-refractivity contribution in [3.8, 4) is 5.75 Å². The number of hydrogen-bond donors (Lipinski definition) is 1. The zero-order valence-electron chi connectivity index (χ0n) is 16.0. The van der Waals surface area contributed by atoms with Crippen LogP contribution in [-0.2, 0) is 6.54 Å². The number of nitrogens with zero attached hydrogens (tertiary/aromatic N) is 2. The van der Waals surface area contributed by atoms with E-state index >= 15 is 0 Å². The molecule has 6 heteroatoms.